The van der Waals surface area contributed by atoms with Crippen LogP contribution in [0.25, 0.3) is 10.4 Å². The van der Waals surface area contributed by atoms with E-state index in [1.807, 2.05) is 57.5 Å². The normalized spacial score (nSPS) is 19.0. The Kier molecular flexibility index (Phi) is 11.0. The Morgan fingerprint density at radius 2 is 1.79 bits per heavy atom. The molecule has 1 saturated heterocycles. The minimum atomic E-state index is -2.22. The summed E-state index contributed by atoms with van der Waals surface area (Å²) in [5.41, 5.74) is 4.83. The molecule has 1 aliphatic heterocycles. The molecule has 0 unspecified atom stereocenters. The zero-order chi connectivity index (χ0) is 34.8. The van der Waals surface area contributed by atoms with Crippen molar-refractivity contribution >= 4 is 37.4 Å². The lowest BCUT2D eigenvalue weighted by Gasteiger charge is -2.38. The third kappa shape index (κ3) is 8.30. The largest absolute Gasteiger partial charge is 0.479 e. The highest BCUT2D eigenvalue weighted by molar-refractivity contribution is 7.13. The van der Waals surface area contributed by atoms with Gasteiger partial charge in [-0.3, -0.25) is 9.59 Å². The number of nitrogens with zero attached hydrogens (tertiary/aromatic N) is 3. The summed E-state index contributed by atoms with van der Waals surface area (Å²) in [6.07, 6.45) is -1.09. The second-order valence-electron chi connectivity index (χ2n) is 14.2. The van der Waals surface area contributed by atoms with Gasteiger partial charge in [-0.2, -0.15) is 0 Å². The highest BCUT2D eigenvalue weighted by Crippen LogP contribution is 2.40. The Labute approximate surface area is 282 Å². The number of likely N-dealkylation sites (tertiary alicyclic amines) is 1. The number of hydrogen-bond acceptors (Lipinski definition) is 9. The van der Waals surface area contributed by atoms with E-state index in [2.05, 4.69) is 49.3 Å². The lowest BCUT2D eigenvalue weighted by atomic mass is 9.91. The number of amides is 2. The Bertz CT molecular complexity index is 1560. The van der Waals surface area contributed by atoms with Crippen LogP contribution in [0.2, 0.25) is 18.1 Å². The molecule has 2 N–H and O–H groups in total. The zero-order valence-corrected chi connectivity index (χ0v) is 30.8. The summed E-state index contributed by atoms with van der Waals surface area (Å²) in [4.78, 5) is 46.7. The first-order valence-corrected chi connectivity index (χ1v) is 19.8. The van der Waals surface area contributed by atoms with Crippen LogP contribution in [0.4, 0.5) is 0 Å². The number of carbonyl (C=O) groups excluding carboxylic acids is 2. The van der Waals surface area contributed by atoms with E-state index in [1.165, 1.54) is 13.0 Å². The number of aromatic nitrogens is 2. The van der Waals surface area contributed by atoms with Gasteiger partial charge in [0.1, 0.15) is 12.0 Å². The van der Waals surface area contributed by atoms with Gasteiger partial charge in [-0.25, -0.2) is 9.78 Å². The molecule has 2 aromatic heterocycles. The Morgan fingerprint density at radius 1 is 1.13 bits per heavy atom. The fourth-order valence-corrected chi connectivity index (χ4v) is 7.65. The highest BCUT2D eigenvalue weighted by Gasteiger charge is 2.47. The number of benzene rings is 1. The van der Waals surface area contributed by atoms with Gasteiger partial charge in [0, 0.05) is 19.0 Å². The second-order valence-corrected chi connectivity index (χ2v) is 19.9. The molecule has 5 atom stereocenters. The molecule has 0 saturated carbocycles. The standard InChI is InChI=1S/C34H48N4O7SSi/c1-19(2)29(27-16-28(37-44-27)43-22(5)33(41)42)32(40)38-17-25(45-47(9,10)34(6,7)8)15-26(38)31(39)36-20(3)23-11-13-24(14-12-23)30-21(4)35-18-46-30/h11-14,16,18-20,22,25-26,29H,15,17H2,1-10H3,(H,36,39)(H,41,42)/t20-,22-,25+,26+,29+/m0/s1. The van der Waals surface area contributed by atoms with E-state index >= 15 is 0 Å². The van der Waals surface area contributed by atoms with Gasteiger partial charge in [-0.1, -0.05) is 58.9 Å². The molecule has 0 bridgehead atoms. The van der Waals surface area contributed by atoms with Crippen LogP contribution in [-0.4, -0.2) is 71.0 Å². The number of aryl methyl sites for hydroxylation is 1. The molecule has 11 nitrogen and oxygen atoms in total. The molecule has 3 aromatic rings. The van der Waals surface area contributed by atoms with Crippen molar-refractivity contribution in [3.63, 3.8) is 0 Å². The lowest BCUT2D eigenvalue weighted by molar-refractivity contribution is -0.144. The zero-order valence-electron chi connectivity index (χ0n) is 29.0. The Hall–Kier alpha value is -3.55. The van der Waals surface area contributed by atoms with E-state index in [-0.39, 0.29) is 53.1 Å². The van der Waals surface area contributed by atoms with Gasteiger partial charge >= 0.3 is 5.97 Å². The van der Waals surface area contributed by atoms with E-state index in [0.29, 0.717) is 6.42 Å². The molecule has 3 heterocycles. The summed E-state index contributed by atoms with van der Waals surface area (Å²) in [6, 6.07) is 8.47. The minimum absolute atomic E-state index is 0.0199. The molecular weight excluding hydrogens is 637 g/mol. The van der Waals surface area contributed by atoms with Gasteiger partial charge in [0.05, 0.1) is 28.2 Å². The predicted molar refractivity (Wildman–Crippen MR) is 183 cm³/mol. The number of carboxylic acids is 1. The maximum absolute atomic E-state index is 14.4. The van der Waals surface area contributed by atoms with Crippen LogP contribution in [-0.2, 0) is 18.8 Å². The van der Waals surface area contributed by atoms with Crippen LogP contribution in [0.15, 0.2) is 40.4 Å². The van der Waals surface area contributed by atoms with E-state index in [1.54, 1.807) is 16.2 Å². The average Bonchev–Trinajstić information content (AvgIpc) is 3.72. The van der Waals surface area contributed by atoms with Crippen molar-refractivity contribution in [3.8, 4) is 16.3 Å². The maximum atomic E-state index is 14.4. The number of rotatable bonds is 12. The third-order valence-electron chi connectivity index (χ3n) is 9.28. The maximum Gasteiger partial charge on any atom is 0.344 e. The molecule has 4 rings (SSSR count). The molecule has 256 valence electrons. The fraction of sp³-hybridized carbons (Fsp3) is 0.559. The smallest absolute Gasteiger partial charge is 0.344 e. The summed E-state index contributed by atoms with van der Waals surface area (Å²) < 4.78 is 17.6. The summed E-state index contributed by atoms with van der Waals surface area (Å²) in [6.45, 7) is 20.1. The monoisotopic (exact) mass is 684 g/mol. The van der Waals surface area contributed by atoms with Gasteiger partial charge in [0.25, 0.3) is 5.88 Å². The summed E-state index contributed by atoms with van der Waals surface area (Å²) >= 11 is 1.59. The number of ether oxygens (including phenoxy) is 1. The van der Waals surface area contributed by atoms with Crippen molar-refractivity contribution in [1.82, 2.24) is 20.4 Å². The lowest BCUT2D eigenvalue weighted by Crippen LogP contribution is -2.48. The molecule has 2 amide bonds. The minimum Gasteiger partial charge on any atom is -0.479 e. The molecule has 1 aromatic carbocycles. The van der Waals surface area contributed by atoms with E-state index < -0.39 is 32.4 Å². The summed E-state index contributed by atoms with van der Waals surface area (Å²) in [5, 5.41) is 16.2. The third-order valence-corrected chi connectivity index (χ3v) is 14.8. The highest BCUT2D eigenvalue weighted by atomic mass is 32.1. The van der Waals surface area contributed by atoms with Gasteiger partial charge in [-0.05, 0) is 61.1 Å². The molecule has 0 spiro atoms. The molecule has 0 aliphatic carbocycles. The first-order valence-electron chi connectivity index (χ1n) is 16.0. The summed E-state index contributed by atoms with van der Waals surface area (Å²) in [5.74, 6) is -2.46. The van der Waals surface area contributed by atoms with Crippen LogP contribution in [0.5, 0.6) is 5.88 Å². The number of carbonyl (C=O) groups is 3. The van der Waals surface area contributed by atoms with Crippen molar-refractivity contribution in [2.75, 3.05) is 6.54 Å². The average molecular weight is 685 g/mol. The number of carboxylic acid groups (broad SMARTS) is 1. The van der Waals surface area contributed by atoms with Gasteiger partial charge < -0.3 is 29.0 Å². The fourth-order valence-electron chi connectivity index (χ4n) is 5.48. The van der Waals surface area contributed by atoms with E-state index in [9.17, 15) is 19.5 Å². The van der Waals surface area contributed by atoms with Crippen molar-refractivity contribution in [1.29, 1.82) is 0 Å². The van der Waals surface area contributed by atoms with Crippen molar-refractivity contribution in [3.05, 3.63) is 52.9 Å². The Morgan fingerprint density at radius 3 is 2.34 bits per heavy atom. The number of aliphatic carboxylic acids is 1. The number of nitrogens with one attached hydrogen (secondary N) is 1. The molecule has 13 heteroatoms. The first kappa shape index (κ1) is 36.3. The Balaban J connectivity index is 1.58. The van der Waals surface area contributed by atoms with Crippen molar-refractivity contribution in [2.45, 2.75) is 110 Å². The van der Waals surface area contributed by atoms with Crippen LogP contribution >= 0.6 is 11.3 Å². The van der Waals surface area contributed by atoms with Crippen molar-refractivity contribution < 1.29 is 33.2 Å². The predicted octanol–water partition coefficient (Wildman–Crippen LogP) is 6.57. The molecule has 0 radical (unpaired) electrons. The molecule has 1 aliphatic rings. The van der Waals surface area contributed by atoms with Crippen LogP contribution in [0.1, 0.15) is 83.9 Å². The van der Waals surface area contributed by atoms with Gasteiger partial charge in [-0.15, -0.1) is 11.3 Å². The molecular formula is C34H48N4O7SSi. The second kappa shape index (κ2) is 14.3. The topological polar surface area (TPSA) is 144 Å². The van der Waals surface area contributed by atoms with Crippen molar-refractivity contribution in [2.24, 2.45) is 5.92 Å². The number of thiazole rings is 1. The van der Waals surface area contributed by atoms with Crippen LogP contribution < -0.4 is 10.1 Å². The summed E-state index contributed by atoms with van der Waals surface area (Å²) in [7, 11) is -2.22. The van der Waals surface area contributed by atoms with Gasteiger partial charge in [0.2, 0.25) is 11.8 Å². The SMILES string of the molecule is Cc1ncsc1-c1ccc([C@H](C)NC(=O)[C@H]2C[C@@H](O[Si](C)(C)C(C)(C)C)CN2C(=O)[C@@H](c2cc(O[C@@H](C)C(=O)O)no2)C(C)C)cc1. The quantitative estimate of drug-likeness (QED) is 0.203. The molecule has 47 heavy (non-hydrogen) atoms. The van der Waals surface area contributed by atoms with Gasteiger partial charge in [0.15, 0.2) is 20.2 Å². The van der Waals surface area contributed by atoms with E-state index in [0.717, 1.165) is 21.7 Å². The van der Waals surface area contributed by atoms with Crippen LogP contribution in [0.3, 0.4) is 0 Å². The first-order chi connectivity index (χ1) is 21.9. The van der Waals surface area contributed by atoms with Crippen LogP contribution in [0, 0.1) is 12.8 Å². The van der Waals surface area contributed by atoms with E-state index in [4.69, 9.17) is 13.7 Å². The molecule has 1 fully saturated rings. The number of hydrogen-bond donors (Lipinski definition) is 2.